The molecule has 0 saturated carbocycles. The number of aliphatic imine (C=N–C) groups is 1. The van der Waals surface area contributed by atoms with E-state index in [2.05, 4.69) is 20.5 Å². The second-order valence-electron chi connectivity index (χ2n) is 5.97. The van der Waals surface area contributed by atoms with Gasteiger partial charge in [-0.25, -0.2) is 4.39 Å². The number of unbranched alkanes of at least 4 members (excludes halogenated alkanes) is 1. The van der Waals surface area contributed by atoms with Gasteiger partial charge in [-0.2, -0.15) is 0 Å². The maximum absolute atomic E-state index is 13.9. The van der Waals surface area contributed by atoms with Gasteiger partial charge >= 0.3 is 0 Å². The van der Waals surface area contributed by atoms with Gasteiger partial charge in [0.15, 0.2) is 17.5 Å². The largest absolute Gasteiger partial charge is 0.494 e. The molecule has 0 aliphatic rings. The van der Waals surface area contributed by atoms with E-state index in [4.69, 9.17) is 4.74 Å². The van der Waals surface area contributed by atoms with Gasteiger partial charge in [0.05, 0.1) is 7.11 Å². The van der Waals surface area contributed by atoms with Crippen LogP contribution in [0.2, 0.25) is 0 Å². The van der Waals surface area contributed by atoms with Crippen molar-refractivity contribution in [3.63, 3.8) is 0 Å². The molecule has 7 nitrogen and oxygen atoms in total. The molecule has 2 rings (SSSR count). The van der Waals surface area contributed by atoms with Gasteiger partial charge in [0, 0.05) is 33.2 Å². The molecule has 0 spiro atoms. The van der Waals surface area contributed by atoms with Gasteiger partial charge in [-0.15, -0.1) is 10.2 Å². The van der Waals surface area contributed by atoms with Crippen molar-refractivity contribution >= 4 is 5.96 Å². The summed E-state index contributed by atoms with van der Waals surface area (Å²) in [6, 6.07) is 5.01. The van der Waals surface area contributed by atoms with Crippen molar-refractivity contribution in [3.8, 4) is 5.75 Å². The molecule has 0 unspecified atom stereocenters. The van der Waals surface area contributed by atoms with E-state index >= 15 is 0 Å². The zero-order chi connectivity index (χ0) is 18.8. The standard InChI is InChI=1S/C18H27FN6O/c1-4-20-18(21-9-5-6-10-25-13-22-23-14-25)24(2)12-15-7-8-17(26-3)16(19)11-15/h7-8,11,13-14H,4-6,9-10,12H2,1-3H3,(H,20,21). The average molecular weight is 362 g/mol. The SMILES string of the molecule is CCNC(=NCCCCn1cnnc1)N(C)Cc1ccc(OC)c(F)c1. The van der Waals surface area contributed by atoms with Crippen LogP contribution in [0.15, 0.2) is 35.8 Å². The molecule has 0 atom stereocenters. The smallest absolute Gasteiger partial charge is 0.193 e. The number of ether oxygens (including phenoxy) is 1. The van der Waals surface area contributed by atoms with Crippen LogP contribution in [0.1, 0.15) is 25.3 Å². The fraction of sp³-hybridized carbons (Fsp3) is 0.500. The molecule has 26 heavy (non-hydrogen) atoms. The van der Waals surface area contributed by atoms with Gasteiger partial charge in [0.2, 0.25) is 0 Å². The monoisotopic (exact) mass is 362 g/mol. The number of rotatable bonds is 9. The Labute approximate surface area is 153 Å². The number of nitrogens with one attached hydrogen (secondary N) is 1. The quantitative estimate of drug-likeness (QED) is 0.421. The fourth-order valence-electron chi connectivity index (χ4n) is 2.56. The Balaban J connectivity index is 1.86. The molecule has 142 valence electrons. The minimum Gasteiger partial charge on any atom is -0.494 e. The number of nitrogens with zero attached hydrogens (tertiary/aromatic N) is 5. The second-order valence-corrected chi connectivity index (χ2v) is 5.97. The Bertz CT molecular complexity index is 689. The van der Waals surface area contributed by atoms with Gasteiger partial charge < -0.3 is 19.5 Å². The van der Waals surface area contributed by atoms with E-state index in [0.29, 0.717) is 6.54 Å². The second kappa shape index (κ2) is 10.4. The van der Waals surface area contributed by atoms with Crippen molar-refractivity contribution in [1.29, 1.82) is 0 Å². The first-order chi connectivity index (χ1) is 12.6. The van der Waals surface area contributed by atoms with Crippen LogP contribution in [-0.4, -0.2) is 52.9 Å². The molecule has 0 bridgehead atoms. The van der Waals surface area contributed by atoms with Crippen LogP contribution >= 0.6 is 0 Å². The summed E-state index contributed by atoms with van der Waals surface area (Å²) in [7, 11) is 3.41. The molecule has 0 aliphatic carbocycles. The lowest BCUT2D eigenvalue weighted by atomic mass is 10.2. The number of halogens is 1. The average Bonchev–Trinajstić information content (AvgIpc) is 3.14. The number of aryl methyl sites for hydroxylation is 1. The molecule has 0 saturated heterocycles. The highest BCUT2D eigenvalue weighted by Gasteiger charge is 2.09. The molecule has 0 fully saturated rings. The third-order valence-corrected chi connectivity index (χ3v) is 3.88. The number of hydrogen-bond donors (Lipinski definition) is 1. The minimum absolute atomic E-state index is 0.255. The Kier molecular flexibility index (Phi) is 7.85. The predicted octanol–water partition coefficient (Wildman–Crippen LogP) is 2.30. The molecule has 1 N–H and O–H groups in total. The van der Waals surface area contributed by atoms with E-state index < -0.39 is 0 Å². The topological polar surface area (TPSA) is 67.6 Å². The number of methoxy groups -OCH3 is 1. The third kappa shape index (κ3) is 6.02. The van der Waals surface area contributed by atoms with Crippen molar-refractivity contribution in [2.24, 2.45) is 4.99 Å². The summed E-state index contributed by atoms with van der Waals surface area (Å²) in [4.78, 5) is 6.65. The van der Waals surface area contributed by atoms with Crippen LogP contribution < -0.4 is 10.1 Å². The Hall–Kier alpha value is -2.64. The highest BCUT2D eigenvalue weighted by atomic mass is 19.1. The highest BCUT2D eigenvalue weighted by Crippen LogP contribution is 2.18. The van der Waals surface area contributed by atoms with E-state index in [-0.39, 0.29) is 11.6 Å². The van der Waals surface area contributed by atoms with E-state index in [1.807, 2.05) is 29.5 Å². The Morgan fingerprint density at radius 1 is 1.31 bits per heavy atom. The highest BCUT2D eigenvalue weighted by molar-refractivity contribution is 5.79. The van der Waals surface area contributed by atoms with Crippen LogP contribution in [0.4, 0.5) is 4.39 Å². The number of aromatic nitrogens is 3. The van der Waals surface area contributed by atoms with Crippen LogP contribution in [0.25, 0.3) is 0 Å². The summed E-state index contributed by atoms with van der Waals surface area (Å²) in [5.74, 6) is 0.715. The van der Waals surface area contributed by atoms with Gasteiger partial charge in [0.1, 0.15) is 12.7 Å². The van der Waals surface area contributed by atoms with Gasteiger partial charge in [-0.05, 0) is 37.5 Å². The van der Waals surface area contributed by atoms with Gasteiger partial charge in [-0.1, -0.05) is 6.07 Å². The molecular weight excluding hydrogens is 335 g/mol. The van der Waals surface area contributed by atoms with Gasteiger partial charge in [0.25, 0.3) is 0 Å². The molecule has 1 aromatic carbocycles. The maximum Gasteiger partial charge on any atom is 0.193 e. The molecule has 8 heteroatoms. The first-order valence-corrected chi connectivity index (χ1v) is 8.78. The molecule has 0 aliphatic heterocycles. The van der Waals surface area contributed by atoms with Crippen molar-refractivity contribution < 1.29 is 9.13 Å². The molecular formula is C18H27FN6O. The predicted molar refractivity (Wildman–Crippen MR) is 99.7 cm³/mol. The van der Waals surface area contributed by atoms with Crippen LogP contribution in [-0.2, 0) is 13.1 Å². The summed E-state index contributed by atoms with van der Waals surface area (Å²) in [6.45, 7) is 4.99. The maximum atomic E-state index is 13.9. The van der Waals surface area contributed by atoms with Crippen molar-refractivity contribution in [1.82, 2.24) is 25.0 Å². The summed E-state index contributed by atoms with van der Waals surface area (Å²) in [5.41, 5.74) is 0.865. The summed E-state index contributed by atoms with van der Waals surface area (Å²) in [5, 5.41) is 10.9. The lowest BCUT2D eigenvalue weighted by molar-refractivity contribution is 0.385. The number of benzene rings is 1. The lowest BCUT2D eigenvalue weighted by Gasteiger charge is -2.22. The van der Waals surface area contributed by atoms with Gasteiger partial charge in [-0.3, -0.25) is 4.99 Å². The molecule has 0 radical (unpaired) electrons. The van der Waals surface area contributed by atoms with Crippen LogP contribution in [0.3, 0.4) is 0 Å². The summed E-state index contributed by atoms with van der Waals surface area (Å²) >= 11 is 0. The minimum atomic E-state index is -0.352. The van der Waals surface area contributed by atoms with Crippen molar-refractivity contribution in [3.05, 3.63) is 42.2 Å². The number of guanidine groups is 1. The lowest BCUT2D eigenvalue weighted by Crippen LogP contribution is -2.38. The molecule has 0 amide bonds. The van der Waals surface area contributed by atoms with E-state index in [0.717, 1.165) is 44.0 Å². The third-order valence-electron chi connectivity index (χ3n) is 3.88. The summed E-state index contributed by atoms with van der Waals surface area (Å²) < 4.78 is 20.8. The molecule has 1 heterocycles. The Morgan fingerprint density at radius 2 is 2.08 bits per heavy atom. The first-order valence-electron chi connectivity index (χ1n) is 8.78. The fourth-order valence-corrected chi connectivity index (χ4v) is 2.56. The van der Waals surface area contributed by atoms with E-state index in [1.54, 1.807) is 18.7 Å². The summed E-state index contributed by atoms with van der Waals surface area (Å²) in [6.07, 6.45) is 5.41. The zero-order valence-corrected chi connectivity index (χ0v) is 15.7. The van der Waals surface area contributed by atoms with Crippen LogP contribution in [0, 0.1) is 5.82 Å². The van der Waals surface area contributed by atoms with Crippen molar-refractivity contribution in [2.75, 3.05) is 27.2 Å². The van der Waals surface area contributed by atoms with Crippen molar-refractivity contribution in [2.45, 2.75) is 32.9 Å². The normalized spacial score (nSPS) is 11.5. The van der Waals surface area contributed by atoms with Crippen LogP contribution in [0.5, 0.6) is 5.75 Å². The number of hydrogen-bond acceptors (Lipinski definition) is 4. The van der Waals surface area contributed by atoms with E-state index in [9.17, 15) is 4.39 Å². The molecule has 2 aromatic rings. The first kappa shape index (κ1) is 19.7. The zero-order valence-electron chi connectivity index (χ0n) is 15.7. The van der Waals surface area contributed by atoms with E-state index in [1.165, 1.54) is 13.2 Å². The Morgan fingerprint density at radius 3 is 2.73 bits per heavy atom. The molecule has 1 aromatic heterocycles.